The summed E-state index contributed by atoms with van der Waals surface area (Å²) in [6, 6.07) is 6.98. The second-order valence-electron chi connectivity index (χ2n) is 4.97. The smallest absolute Gasteiger partial charge is 0.131 e. The summed E-state index contributed by atoms with van der Waals surface area (Å²) >= 11 is 0. The Labute approximate surface area is 119 Å². The van der Waals surface area contributed by atoms with Gasteiger partial charge in [-0.2, -0.15) is 0 Å². The van der Waals surface area contributed by atoms with Crippen molar-refractivity contribution in [2.24, 2.45) is 5.73 Å². The minimum Gasteiger partial charge on any atom is -0.497 e. The van der Waals surface area contributed by atoms with E-state index in [-0.39, 0.29) is 11.9 Å². The van der Waals surface area contributed by atoms with Gasteiger partial charge in [0.2, 0.25) is 0 Å². The molecular formula is C16H21FN2O. The first-order chi connectivity index (χ1) is 9.63. The van der Waals surface area contributed by atoms with Crippen LogP contribution in [0.5, 0.6) is 5.75 Å². The maximum Gasteiger partial charge on any atom is 0.131 e. The van der Waals surface area contributed by atoms with Gasteiger partial charge in [0, 0.05) is 36.6 Å². The molecule has 1 aromatic heterocycles. The molecule has 0 saturated heterocycles. The monoisotopic (exact) mass is 276 g/mol. The van der Waals surface area contributed by atoms with Crippen LogP contribution >= 0.6 is 0 Å². The fourth-order valence-corrected chi connectivity index (χ4v) is 2.23. The van der Waals surface area contributed by atoms with Crippen molar-refractivity contribution in [2.75, 3.05) is 7.11 Å². The average Bonchev–Trinajstić information content (AvgIpc) is 2.90. The Morgan fingerprint density at radius 2 is 2.15 bits per heavy atom. The van der Waals surface area contributed by atoms with Gasteiger partial charge in [0.25, 0.3) is 0 Å². The summed E-state index contributed by atoms with van der Waals surface area (Å²) in [5.74, 6) is 0.280. The van der Waals surface area contributed by atoms with Crippen LogP contribution in [0.4, 0.5) is 4.39 Å². The zero-order chi connectivity index (χ0) is 14.5. The van der Waals surface area contributed by atoms with E-state index in [2.05, 4.69) is 6.92 Å². The molecule has 4 heteroatoms. The van der Waals surface area contributed by atoms with Gasteiger partial charge in [-0.05, 0) is 24.1 Å². The molecule has 0 bridgehead atoms. The molecule has 0 aliphatic heterocycles. The number of hydrogen-bond donors (Lipinski definition) is 1. The molecule has 2 N–H and O–H groups in total. The highest BCUT2D eigenvalue weighted by molar-refractivity contribution is 5.29. The second kappa shape index (κ2) is 6.57. The molecule has 0 aliphatic rings. The number of rotatable bonds is 6. The van der Waals surface area contributed by atoms with Gasteiger partial charge in [0.05, 0.1) is 7.11 Å². The number of nitrogens with two attached hydrogens (primary N) is 1. The lowest BCUT2D eigenvalue weighted by molar-refractivity contribution is 0.410. The first-order valence-corrected chi connectivity index (χ1v) is 6.87. The molecule has 2 aromatic rings. The van der Waals surface area contributed by atoms with Crippen LogP contribution in [0, 0.1) is 5.82 Å². The average molecular weight is 276 g/mol. The van der Waals surface area contributed by atoms with Crippen molar-refractivity contribution in [3.05, 3.63) is 53.6 Å². The Balaban J connectivity index is 2.10. The summed E-state index contributed by atoms with van der Waals surface area (Å²) in [6.45, 7) is 2.61. The zero-order valence-corrected chi connectivity index (χ0v) is 12.0. The Morgan fingerprint density at radius 1 is 1.35 bits per heavy atom. The van der Waals surface area contributed by atoms with Crippen LogP contribution in [0.15, 0.2) is 36.7 Å². The molecule has 0 spiro atoms. The van der Waals surface area contributed by atoms with Gasteiger partial charge in [-0.1, -0.05) is 19.4 Å². The van der Waals surface area contributed by atoms with Gasteiger partial charge >= 0.3 is 0 Å². The predicted molar refractivity (Wildman–Crippen MR) is 78.3 cm³/mol. The van der Waals surface area contributed by atoms with Crippen LogP contribution in [0.1, 0.15) is 36.9 Å². The Kier molecular flexibility index (Phi) is 4.79. The summed E-state index contributed by atoms with van der Waals surface area (Å²) in [5.41, 5.74) is 7.81. The van der Waals surface area contributed by atoms with Crippen molar-refractivity contribution >= 4 is 0 Å². The first-order valence-electron chi connectivity index (χ1n) is 6.87. The number of hydrogen-bond acceptors (Lipinski definition) is 2. The molecule has 0 radical (unpaired) electrons. The van der Waals surface area contributed by atoms with E-state index < -0.39 is 0 Å². The molecule has 3 nitrogen and oxygen atoms in total. The van der Waals surface area contributed by atoms with Crippen molar-refractivity contribution in [1.29, 1.82) is 0 Å². The van der Waals surface area contributed by atoms with Gasteiger partial charge in [-0.3, -0.25) is 0 Å². The quantitative estimate of drug-likeness (QED) is 0.877. The lowest BCUT2D eigenvalue weighted by Crippen LogP contribution is -2.09. The summed E-state index contributed by atoms with van der Waals surface area (Å²) in [6.07, 6.45) is 5.94. The minimum absolute atomic E-state index is 0.0574. The van der Waals surface area contributed by atoms with Crippen LogP contribution in [0.2, 0.25) is 0 Å². The molecule has 20 heavy (non-hydrogen) atoms. The van der Waals surface area contributed by atoms with E-state index >= 15 is 0 Å². The van der Waals surface area contributed by atoms with Crippen LogP contribution in [0.3, 0.4) is 0 Å². The van der Waals surface area contributed by atoms with Crippen molar-refractivity contribution in [2.45, 2.75) is 32.4 Å². The Hall–Kier alpha value is -1.81. The molecule has 0 amide bonds. The van der Waals surface area contributed by atoms with Gasteiger partial charge < -0.3 is 15.0 Å². The predicted octanol–water partition coefficient (Wildman–Crippen LogP) is 3.48. The Morgan fingerprint density at radius 3 is 2.80 bits per heavy atom. The molecule has 0 fully saturated rings. The molecule has 0 saturated carbocycles. The summed E-state index contributed by atoms with van der Waals surface area (Å²) in [5, 5.41) is 0. The molecule has 108 valence electrons. The fourth-order valence-electron chi connectivity index (χ4n) is 2.23. The normalized spacial score (nSPS) is 12.4. The van der Waals surface area contributed by atoms with Crippen molar-refractivity contribution in [3.63, 3.8) is 0 Å². The van der Waals surface area contributed by atoms with Gasteiger partial charge in [-0.15, -0.1) is 0 Å². The van der Waals surface area contributed by atoms with E-state index in [4.69, 9.17) is 10.5 Å². The molecular weight excluding hydrogens is 255 g/mol. The summed E-state index contributed by atoms with van der Waals surface area (Å²) in [7, 11) is 1.53. The van der Waals surface area contributed by atoms with Crippen LogP contribution in [0.25, 0.3) is 0 Å². The van der Waals surface area contributed by atoms with E-state index in [1.807, 2.05) is 23.0 Å². The molecule has 0 aliphatic carbocycles. The van der Waals surface area contributed by atoms with Crippen molar-refractivity contribution in [1.82, 2.24) is 4.57 Å². The van der Waals surface area contributed by atoms with Crippen LogP contribution < -0.4 is 10.5 Å². The number of methoxy groups -OCH3 is 1. The molecule has 1 atom stereocenters. The SMILES string of the molecule is CCCC(N)c1ccn(Cc2ccc(OC)cc2F)c1. The van der Waals surface area contributed by atoms with Crippen molar-refractivity contribution in [3.8, 4) is 5.75 Å². The minimum atomic E-state index is -0.252. The molecule has 1 aromatic carbocycles. The lowest BCUT2D eigenvalue weighted by Gasteiger charge is -2.08. The van der Waals surface area contributed by atoms with E-state index in [0.717, 1.165) is 18.4 Å². The van der Waals surface area contributed by atoms with Crippen molar-refractivity contribution < 1.29 is 9.13 Å². The van der Waals surface area contributed by atoms with Gasteiger partial charge in [0.1, 0.15) is 11.6 Å². The zero-order valence-electron chi connectivity index (χ0n) is 12.0. The van der Waals surface area contributed by atoms with E-state index in [1.54, 1.807) is 12.1 Å². The highest BCUT2D eigenvalue weighted by Crippen LogP contribution is 2.19. The number of aromatic nitrogens is 1. The second-order valence-corrected chi connectivity index (χ2v) is 4.97. The van der Waals surface area contributed by atoms with E-state index in [1.165, 1.54) is 13.2 Å². The first kappa shape index (κ1) is 14.6. The maximum absolute atomic E-state index is 13.9. The number of benzene rings is 1. The lowest BCUT2D eigenvalue weighted by atomic mass is 10.1. The maximum atomic E-state index is 13.9. The fraction of sp³-hybridized carbons (Fsp3) is 0.375. The molecule has 2 rings (SSSR count). The highest BCUT2D eigenvalue weighted by atomic mass is 19.1. The number of nitrogens with zero attached hydrogens (tertiary/aromatic N) is 1. The topological polar surface area (TPSA) is 40.2 Å². The van der Waals surface area contributed by atoms with Crippen LogP contribution in [-0.2, 0) is 6.54 Å². The van der Waals surface area contributed by atoms with E-state index in [0.29, 0.717) is 17.9 Å². The molecule has 1 unspecified atom stereocenters. The number of ether oxygens (including phenoxy) is 1. The summed E-state index contributed by atoms with van der Waals surface area (Å²) in [4.78, 5) is 0. The van der Waals surface area contributed by atoms with Crippen LogP contribution in [-0.4, -0.2) is 11.7 Å². The summed E-state index contributed by atoms with van der Waals surface area (Å²) < 4.78 is 20.8. The molecule has 1 heterocycles. The standard InChI is InChI=1S/C16H21FN2O/c1-3-4-16(18)13-7-8-19(11-13)10-12-5-6-14(20-2)9-15(12)17/h5-9,11,16H,3-4,10,18H2,1-2H3. The largest absolute Gasteiger partial charge is 0.497 e. The van der Waals surface area contributed by atoms with Gasteiger partial charge in [0.15, 0.2) is 0 Å². The third-order valence-electron chi connectivity index (χ3n) is 3.41. The third-order valence-corrected chi connectivity index (χ3v) is 3.41. The third kappa shape index (κ3) is 3.39. The Bertz CT molecular complexity index is 565. The van der Waals surface area contributed by atoms with Gasteiger partial charge in [-0.25, -0.2) is 4.39 Å². The van der Waals surface area contributed by atoms with E-state index in [9.17, 15) is 4.39 Å². The number of halogens is 1. The highest BCUT2D eigenvalue weighted by Gasteiger charge is 2.08.